The molecule has 0 aliphatic heterocycles. The Bertz CT molecular complexity index is 293. The molecule has 0 saturated carbocycles. The summed E-state index contributed by atoms with van der Waals surface area (Å²) in [5, 5.41) is 12.0. The molecule has 0 amide bonds. The van der Waals surface area contributed by atoms with Crippen LogP contribution in [0.2, 0.25) is 0 Å². The van der Waals surface area contributed by atoms with Crippen molar-refractivity contribution in [1.82, 2.24) is 0 Å². The number of nitrogens with zero attached hydrogens (tertiary/aromatic N) is 1. The molecule has 0 heterocycles. The van der Waals surface area contributed by atoms with Gasteiger partial charge in [-0.1, -0.05) is 35.5 Å². The van der Waals surface area contributed by atoms with Crippen LogP contribution in [0.25, 0.3) is 0 Å². The van der Waals surface area contributed by atoms with Crippen LogP contribution >= 0.6 is 0 Å². The molecule has 14 heavy (non-hydrogen) atoms. The second kappa shape index (κ2) is 5.36. The van der Waals surface area contributed by atoms with E-state index in [1.165, 1.54) is 14.2 Å². The van der Waals surface area contributed by atoms with Crippen LogP contribution in [0.15, 0.2) is 35.5 Å². The maximum atomic E-state index is 8.84. The summed E-state index contributed by atoms with van der Waals surface area (Å²) in [5.74, 6) is 0. The number of ether oxygens (including phenoxy) is 2. The van der Waals surface area contributed by atoms with Gasteiger partial charge in [-0.15, -0.1) is 0 Å². The van der Waals surface area contributed by atoms with Gasteiger partial charge in [-0.3, -0.25) is 0 Å². The maximum absolute atomic E-state index is 8.84. The molecule has 0 saturated heterocycles. The lowest BCUT2D eigenvalue weighted by Crippen LogP contribution is -2.25. The van der Waals surface area contributed by atoms with E-state index in [1.807, 2.05) is 30.3 Å². The van der Waals surface area contributed by atoms with Crippen molar-refractivity contribution in [1.29, 1.82) is 0 Å². The summed E-state index contributed by atoms with van der Waals surface area (Å²) in [6.07, 6.45) is -0.651. The van der Waals surface area contributed by atoms with Gasteiger partial charge in [-0.2, -0.15) is 0 Å². The second-order valence-corrected chi connectivity index (χ2v) is 2.65. The summed E-state index contributed by atoms with van der Waals surface area (Å²) in [7, 11) is 2.98. The topological polar surface area (TPSA) is 51.0 Å². The van der Waals surface area contributed by atoms with Crippen molar-refractivity contribution in [2.24, 2.45) is 5.16 Å². The third-order valence-corrected chi connectivity index (χ3v) is 1.83. The first-order valence-electron chi connectivity index (χ1n) is 4.16. The summed E-state index contributed by atoms with van der Waals surface area (Å²) in [4.78, 5) is 0. The standard InChI is InChI=1S/C10H13NO3/c1-13-10(14-2)9(11-12)8-6-4-3-5-7-8/h3-7,10,12H,1-2H3/b11-9-. The van der Waals surface area contributed by atoms with Crippen LogP contribution in [0.5, 0.6) is 0 Å². The van der Waals surface area contributed by atoms with Gasteiger partial charge in [0, 0.05) is 19.8 Å². The van der Waals surface area contributed by atoms with E-state index in [0.29, 0.717) is 5.71 Å². The highest BCUT2D eigenvalue weighted by molar-refractivity contribution is 6.02. The molecule has 0 aliphatic carbocycles. The Hall–Kier alpha value is -1.39. The zero-order chi connectivity index (χ0) is 10.4. The van der Waals surface area contributed by atoms with Gasteiger partial charge in [0.25, 0.3) is 0 Å². The van der Waals surface area contributed by atoms with E-state index >= 15 is 0 Å². The van der Waals surface area contributed by atoms with Crippen molar-refractivity contribution in [3.8, 4) is 0 Å². The van der Waals surface area contributed by atoms with Gasteiger partial charge in [-0.05, 0) is 0 Å². The van der Waals surface area contributed by atoms with E-state index in [1.54, 1.807) is 0 Å². The van der Waals surface area contributed by atoms with E-state index in [9.17, 15) is 0 Å². The summed E-state index contributed by atoms with van der Waals surface area (Å²) in [5.41, 5.74) is 1.12. The molecule has 1 aromatic rings. The molecule has 0 spiro atoms. The van der Waals surface area contributed by atoms with Crippen molar-refractivity contribution in [2.75, 3.05) is 14.2 Å². The van der Waals surface area contributed by atoms with Crippen LogP contribution in [-0.4, -0.2) is 31.4 Å². The molecule has 1 N–H and O–H groups in total. The van der Waals surface area contributed by atoms with Crippen LogP contribution in [0.1, 0.15) is 5.56 Å². The molecule has 0 bridgehead atoms. The molecule has 1 rings (SSSR count). The third kappa shape index (κ3) is 2.31. The molecule has 0 radical (unpaired) electrons. The first-order chi connectivity index (χ1) is 6.83. The normalized spacial score (nSPS) is 12.1. The largest absolute Gasteiger partial charge is 0.410 e. The Morgan fingerprint density at radius 1 is 1.21 bits per heavy atom. The average molecular weight is 195 g/mol. The second-order valence-electron chi connectivity index (χ2n) is 2.65. The van der Waals surface area contributed by atoms with Gasteiger partial charge in [0.2, 0.25) is 6.29 Å². The van der Waals surface area contributed by atoms with Crippen LogP contribution in [0.3, 0.4) is 0 Å². The summed E-state index contributed by atoms with van der Waals surface area (Å²) in [6.45, 7) is 0. The lowest BCUT2D eigenvalue weighted by Gasteiger charge is -2.14. The Labute approximate surface area is 82.8 Å². The lowest BCUT2D eigenvalue weighted by molar-refractivity contribution is -0.0529. The van der Waals surface area contributed by atoms with Crippen LogP contribution < -0.4 is 0 Å². The van der Waals surface area contributed by atoms with Gasteiger partial charge >= 0.3 is 0 Å². The number of rotatable bonds is 4. The minimum Gasteiger partial charge on any atom is -0.410 e. The molecule has 4 nitrogen and oxygen atoms in total. The highest BCUT2D eigenvalue weighted by Crippen LogP contribution is 2.07. The van der Waals surface area contributed by atoms with Crippen LogP contribution in [0.4, 0.5) is 0 Å². The number of hydrogen-bond acceptors (Lipinski definition) is 4. The minimum absolute atomic E-state index is 0.357. The summed E-state index contributed by atoms with van der Waals surface area (Å²) in [6, 6.07) is 9.22. The van der Waals surface area contributed by atoms with Gasteiger partial charge in [-0.25, -0.2) is 0 Å². The smallest absolute Gasteiger partial charge is 0.204 e. The molecule has 0 aliphatic rings. The Morgan fingerprint density at radius 2 is 1.79 bits per heavy atom. The molecule has 0 unspecified atom stereocenters. The highest BCUT2D eigenvalue weighted by Gasteiger charge is 2.16. The average Bonchev–Trinajstić information content (AvgIpc) is 2.27. The Balaban J connectivity index is 2.94. The lowest BCUT2D eigenvalue weighted by atomic mass is 10.1. The van der Waals surface area contributed by atoms with Crippen molar-refractivity contribution in [3.05, 3.63) is 35.9 Å². The first-order valence-corrected chi connectivity index (χ1v) is 4.16. The highest BCUT2D eigenvalue weighted by atomic mass is 16.7. The van der Waals surface area contributed by atoms with Gasteiger partial charge in [0.15, 0.2) is 0 Å². The van der Waals surface area contributed by atoms with Crippen molar-refractivity contribution in [2.45, 2.75) is 6.29 Å². The van der Waals surface area contributed by atoms with E-state index in [4.69, 9.17) is 14.7 Å². The van der Waals surface area contributed by atoms with Gasteiger partial charge in [0.1, 0.15) is 5.71 Å². The Morgan fingerprint density at radius 3 is 2.21 bits per heavy atom. The van der Waals surface area contributed by atoms with Crippen LogP contribution in [0, 0.1) is 0 Å². The number of oxime groups is 1. The monoisotopic (exact) mass is 195 g/mol. The number of methoxy groups -OCH3 is 2. The third-order valence-electron chi connectivity index (χ3n) is 1.83. The quantitative estimate of drug-likeness (QED) is 0.342. The van der Waals surface area contributed by atoms with Gasteiger partial charge in [0.05, 0.1) is 0 Å². The first kappa shape index (κ1) is 10.7. The molecule has 4 heteroatoms. The van der Waals surface area contributed by atoms with E-state index in [-0.39, 0.29) is 0 Å². The predicted molar refractivity (Wildman–Crippen MR) is 52.6 cm³/mol. The molecule has 1 aromatic carbocycles. The zero-order valence-electron chi connectivity index (χ0n) is 8.18. The minimum atomic E-state index is -0.651. The van der Waals surface area contributed by atoms with Crippen molar-refractivity contribution < 1.29 is 14.7 Å². The molecular weight excluding hydrogens is 182 g/mol. The zero-order valence-corrected chi connectivity index (χ0v) is 8.18. The maximum Gasteiger partial charge on any atom is 0.204 e. The van der Waals surface area contributed by atoms with Crippen LogP contribution in [-0.2, 0) is 9.47 Å². The molecule has 0 atom stereocenters. The fraction of sp³-hybridized carbons (Fsp3) is 0.300. The van der Waals surface area contributed by atoms with E-state index < -0.39 is 6.29 Å². The molecular formula is C10H13NO3. The molecule has 0 fully saturated rings. The SMILES string of the molecule is COC(OC)/C(=N\O)c1ccccc1. The summed E-state index contributed by atoms with van der Waals surface area (Å²) < 4.78 is 9.99. The Kier molecular flexibility index (Phi) is 4.10. The number of hydrogen-bond donors (Lipinski definition) is 1. The molecule has 0 aromatic heterocycles. The van der Waals surface area contributed by atoms with E-state index in [2.05, 4.69) is 5.16 Å². The van der Waals surface area contributed by atoms with Crippen molar-refractivity contribution >= 4 is 5.71 Å². The van der Waals surface area contributed by atoms with Crippen molar-refractivity contribution in [3.63, 3.8) is 0 Å². The van der Waals surface area contributed by atoms with E-state index in [0.717, 1.165) is 5.56 Å². The summed E-state index contributed by atoms with van der Waals surface area (Å²) >= 11 is 0. The molecule has 76 valence electrons. The predicted octanol–water partition coefficient (Wildman–Crippen LogP) is 1.48. The fourth-order valence-corrected chi connectivity index (χ4v) is 1.17. The van der Waals surface area contributed by atoms with Gasteiger partial charge < -0.3 is 14.7 Å². The number of benzene rings is 1. The fourth-order valence-electron chi connectivity index (χ4n) is 1.17.